The number of carbonyl (C=O) groups excluding carboxylic acids is 1. The van der Waals surface area contributed by atoms with Crippen LogP contribution in [0, 0.1) is 13.8 Å². The summed E-state index contributed by atoms with van der Waals surface area (Å²) in [4.78, 5) is 15.1. The van der Waals surface area contributed by atoms with E-state index in [4.69, 9.17) is 4.74 Å². The molecule has 0 fully saturated rings. The van der Waals surface area contributed by atoms with E-state index in [0.717, 1.165) is 48.4 Å². The Bertz CT molecular complexity index is 1010. The van der Waals surface area contributed by atoms with Crippen LogP contribution in [0.15, 0.2) is 48.8 Å². The van der Waals surface area contributed by atoms with Gasteiger partial charge in [-0.1, -0.05) is 24.3 Å². The summed E-state index contributed by atoms with van der Waals surface area (Å²) in [7, 11) is 0. The molecule has 4 rings (SSSR count). The summed E-state index contributed by atoms with van der Waals surface area (Å²) in [6.45, 7) is 5.48. The van der Waals surface area contributed by atoms with Crippen LogP contribution in [0.3, 0.4) is 0 Å². The van der Waals surface area contributed by atoms with Gasteiger partial charge in [0.25, 0.3) is 0 Å². The number of hydrogen-bond donors (Lipinski definition) is 1. The van der Waals surface area contributed by atoms with Crippen LogP contribution in [-0.2, 0) is 11.2 Å². The van der Waals surface area contributed by atoms with Crippen LogP contribution in [-0.4, -0.2) is 29.3 Å². The van der Waals surface area contributed by atoms with E-state index < -0.39 is 0 Å². The highest BCUT2D eigenvalue weighted by atomic mass is 16.5. The Balaban J connectivity index is 1.43. The fourth-order valence-corrected chi connectivity index (χ4v) is 4.13. The van der Waals surface area contributed by atoms with E-state index in [1.807, 2.05) is 35.5 Å². The van der Waals surface area contributed by atoms with E-state index in [1.165, 1.54) is 16.7 Å². The Morgan fingerprint density at radius 3 is 2.87 bits per heavy atom. The number of anilines is 1. The standard InChI is InChI=1S/C25H29N3O2/c1-18-8-5-12-24(19(18)2)30-15-7-13-25(29)28-14-4-3-9-22-21(10-6-11-23(22)28)20-16-26-27-17-20/h5-6,8,10-12,16-17H,3-4,7,9,13-15H2,1-2H3,(H,26,27). The van der Waals surface area contributed by atoms with Gasteiger partial charge in [0.1, 0.15) is 5.75 Å². The molecule has 3 aromatic rings. The zero-order valence-corrected chi connectivity index (χ0v) is 17.8. The number of aromatic amines is 1. The number of nitrogens with one attached hydrogen (secondary N) is 1. The summed E-state index contributed by atoms with van der Waals surface area (Å²) >= 11 is 0. The molecular formula is C25H29N3O2. The molecule has 2 heterocycles. The fraction of sp³-hybridized carbons (Fsp3) is 0.360. The fourth-order valence-electron chi connectivity index (χ4n) is 4.13. The summed E-state index contributed by atoms with van der Waals surface area (Å²) in [5.41, 5.74) is 6.92. The van der Waals surface area contributed by atoms with Gasteiger partial charge < -0.3 is 9.64 Å². The molecule has 1 amide bonds. The van der Waals surface area contributed by atoms with Crippen LogP contribution in [0.2, 0.25) is 0 Å². The smallest absolute Gasteiger partial charge is 0.227 e. The van der Waals surface area contributed by atoms with Crippen LogP contribution in [0.4, 0.5) is 5.69 Å². The van der Waals surface area contributed by atoms with Gasteiger partial charge in [-0.15, -0.1) is 0 Å². The first-order valence-electron chi connectivity index (χ1n) is 10.8. The van der Waals surface area contributed by atoms with Gasteiger partial charge in [0.15, 0.2) is 0 Å². The molecule has 30 heavy (non-hydrogen) atoms. The van der Waals surface area contributed by atoms with Crippen molar-refractivity contribution in [2.24, 2.45) is 0 Å². The first-order chi connectivity index (χ1) is 14.6. The van der Waals surface area contributed by atoms with E-state index in [9.17, 15) is 4.79 Å². The van der Waals surface area contributed by atoms with Crippen LogP contribution in [0.1, 0.15) is 42.4 Å². The molecule has 0 radical (unpaired) electrons. The predicted octanol–water partition coefficient (Wildman–Crippen LogP) is 5.22. The Hall–Kier alpha value is -3.08. The molecule has 0 atom stereocenters. The third-order valence-corrected chi connectivity index (χ3v) is 5.96. The second kappa shape index (κ2) is 9.16. The quantitative estimate of drug-likeness (QED) is 0.574. The number of nitrogens with zero attached hydrogens (tertiary/aromatic N) is 2. The van der Waals surface area contributed by atoms with Crippen LogP contribution >= 0.6 is 0 Å². The highest BCUT2D eigenvalue weighted by Crippen LogP contribution is 2.35. The molecule has 2 aromatic carbocycles. The minimum Gasteiger partial charge on any atom is -0.493 e. The Morgan fingerprint density at radius 1 is 1.17 bits per heavy atom. The van der Waals surface area contributed by atoms with Crippen LogP contribution < -0.4 is 9.64 Å². The van der Waals surface area contributed by atoms with Gasteiger partial charge in [-0.3, -0.25) is 9.89 Å². The van der Waals surface area contributed by atoms with Crippen molar-refractivity contribution in [3.63, 3.8) is 0 Å². The molecule has 0 unspecified atom stereocenters. The summed E-state index contributed by atoms with van der Waals surface area (Å²) in [5.74, 6) is 1.08. The van der Waals surface area contributed by atoms with Crippen molar-refractivity contribution in [1.82, 2.24) is 10.2 Å². The van der Waals surface area contributed by atoms with Crippen molar-refractivity contribution >= 4 is 11.6 Å². The molecule has 0 saturated carbocycles. The number of ether oxygens (including phenoxy) is 1. The molecule has 0 bridgehead atoms. The summed E-state index contributed by atoms with van der Waals surface area (Å²) < 4.78 is 5.94. The average molecular weight is 404 g/mol. The number of fused-ring (bicyclic) bond motifs is 1. The predicted molar refractivity (Wildman–Crippen MR) is 120 cm³/mol. The molecule has 5 heteroatoms. The number of amides is 1. The normalized spacial score (nSPS) is 13.6. The summed E-state index contributed by atoms with van der Waals surface area (Å²) in [6.07, 6.45) is 8.04. The first-order valence-corrected chi connectivity index (χ1v) is 10.8. The van der Waals surface area contributed by atoms with E-state index in [-0.39, 0.29) is 5.91 Å². The van der Waals surface area contributed by atoms with Crippen molar-refractivity contribution in [3.05, 3.63) is 65.5 Å². The lowest BCUT2D eigenvalue weighted by molar-refractivity contribution is -0.118. The van der Waals surface area contributed by atoms with Gasteiger partial charge in [-0.25, -0.2) is 0 Å². The summed E-state index contributed by atoms with van der Waals surface area (Å²) in [6, 6.07) is 12.3. The number of aromatic nitrogens is 2. The van der Waals surface area contributed by atoms with Gasteiger partial charge in [0.2, 0.25) is 5.91 Å². The van der Waals surface area contributed by atoms with Crippen molar-refractivity contribution < 1.29 is 9.53 Å². The number of rotatable bonds is 6. The van der Waals surface area contributed by atoms with Gasteiger partial charge in [0, 0.05) is 30.4 Å². The maximum absolute atomic E-state index is 13.1. The third kappa shape index (κ3) is 4.25. The lowest BCUT2D eigenvalue weighted by Gasteiger charge is -2.24. The Kier molecular flexibility index (Phi) is 6.17. The lowest BCUT2D eigenvalue weighted by Crippen LogP contribution is -2.31. The molecule has 156 valence electrons. The van der Waals surface area contributed by atoms with E-state index >= 15 is 0 Å². The highest BCUT2D eigenvalue weighted by Gasteiger charge is 2.23. The number of H-pyrrole nitrogens is 1. The van der Waals surface area contributed by atoms with E-state index in [1.54, 1.807) is 0 Å². The second-order valence-electron chi connectivity index (χ2n) is 7.94. The van der Waals surface area contributed by atoms with Crippen molar-refractivity contribution in [2.45, 2.75) is 46.0 Å². The number of aryl methyl sites for hydroxylation is 1. The molecule has 1 aliphatic heterocycles. The van der Waals surface area contributed by atoms with Gasteiger partial charge in [-0.2, -0.15) is 5.10 Å². The van der Waals surface area contributed by atoms with Gasteiger partial charge in [-0.05, 0) is 73.9 Å². The van der Waals surface area contributed by atoms with Crippen LogP contribution in [0.5, 0.6) is 5.75 Å². The lowest BCUT2D eigenvalue weighted by atomic mass is 9.97. The SMILES string of the molecule is Cc1cccc(OCCCC(=O)N2CCCCc3c(-c4cn[nH]c4)cccc32)c1C. The van der Waals surface area contributed by atoms with E-state index in [2.05, 4.69) is 42.2 Å². The molecular weight excluding hydrogens is 374 g/mol. The maximum atomic E-state index is 13.1. The summed E-state index contributed by atoms with van der Waals surface area (Å²) in [5, 5.41) is 6.99. The monoisotopic (exact) mass is 403 g/mol. The second-order valence-corrected chi connectivity index (χ2v) is 7.94. The van der Waals surface area contributed by atoms with Crippen molar-refractivity contribution in [2.75, 3.05) is 18.1 Å². The third-order valence-electron chi connectivity index (χ3n) is 5.96. The van der Waals surface area contributed by atoms with Gasteiger partial charge in [0.05, 0.1) is 12.8 Å². The first kappa shape index (κ1) is 20.2. The number of carbonyl (C=O) groups is 1. The molecule has 1 aliphatic rings. The topological polar surface area (TPSA) is 58.2 Å². The van der Waals surface area contributed by atoms with Crippen LogP contribution in [0.25, 0.3) is 11.1 Å². The highest BCUT2D eigenvalue weighted by molar-refractivity contribution is 5.95. The molecule has 0 saturated heterocycles. The van der Waals surface area contributed by atoms with Crippen molar-refractivity contribution in [3.8, 4) is 16.9 Å². The number of hydrogen-bond acceptors (Lipinski definition) is 3. The molecule has 1 aromatic heterocycles. The Labute approximate surface area is 178 Å². The zero-order valence-electron chi connectivity index (χ0n) is 17.8. The largest absolute Gasteiger partial charge is 0.493 e. The number of benzene rings is 2. The molecule has 5 nitrogen and oxygen atoms in total. The minimum atomic E-state index is 0.173. The molecule has 0 aliphatic carbocycles. The van der Waals surface area contributed by atoms with Gasteiger partial charge >= 0.3 is 0 Å². The minimum absolute atomic E-state index is 0.173. The van der Waals surface area contributed by atoms with Crippen molar-refractivity contribution in [1.29, 1.82) is 0 Å². The maximum Gasteiger partial charge on any atom is 0.227 e. The average Bonchev–Trinajstić information content (AvgIpc) is 3.20. The Morgan fingerprint density at radius 2 is 2.03 bits per heavy atom. The molecule has 0 spiro atoms. The van der Waals surface area contributed by atoms with E-state index in [0.29, 0.717) is 19.4 Å². The molecule has 1 N–H and O–H groups in total. The zero-order chi connectivity index (χ0) is 20.9.